The fourth-order valence-corrected chi connectivity index (χ4v) is 2.63. The molecule has 5 heteroatoms. The predicted octanol–water partition coefficient (Wildman–Crippen LogP) is 1.65. The zero-order valence-corrected chi connectivity index (χ0v) is 11.4. The van der Waals surface area contributed by atoms with Crippen molar-refractivity contribution in [2.24, 2.45) is 0 Å². The molecule has 0 aromatic heterocycles. The van der Waals surface area contributed by atoms with Crippen LogP contribution in [0, 0.1) is 0 Å². The van der Waals surface area contributed by atoms with Crippen molar-refractivity contribution in [3.05, 3.63) is 35.9 Å². The maximum absolute atomic E-state index is 11.0. The Labute approximate surface area is 117 Å². The van der Waals surface area contributed by atoms with E-state index >= 15 is 0 Å². The molecule has 4 atom stereocenters. The number of esters is 1. The highest BCUT2D eigenvalue weighted by molar-refractivity contribution is 5.66. The lowest BCUT2D eigenvalue weighted by Crippen LogP contribution is -2.32. The molecular formula is C15H18O5. The van der Waals surface area contributed by atoms with Crippen molar-refractivity contribution in [3.8, 4) is 0 Å². The summed E-state index contributed by atoms with van der Waals surface area (Å²) in [6.45, 7) is 2.30. The zero-order chi connectivity index (χ0) is 13.9. The second kappa shape index (κ2) is 5.91. The minimum atomic E-state index is -0.317. The average Bonchev–Trinajstić information content (AvgIpc) is 2.99. The van der Waals surface area contributed by atoms with Crippen LogP contribution >= 0.6 is 0 Å². The van der Waals surface area contributed by atoms with Gasteiger partial charge < -0.3 is 18.9 Å². The van der Waals surface area contributed by atoms with Crippen molar-refractivity contribution in [3.63, 3.8) is 0 Å². The Morgan fingerprint density at radius 1 is 1.35 bits per heavy atom. The number of hydrogen-bond donors (Lipinski definition) is 0. The van der Waals surface area contributed by atoms with Gasteiger partial charge in [0.2, 0.25) is 0 Å². The summed E-state index contributed by atoms with van der Waals surface area (Å²) < 4.78 is 22.3. The first-order valence-electron chi connectivity index (χ1n) is 6.82. The van der Waals surface area contributed by atoms with E-state index in [-0.39, 0.29) is 30.6 Å². The molecule has 5 nitrogen and oxygen atoms in total. The van der Waals surface area contributed by atoms with E-state index in [0.29, 0.717) is 19.6 Å². The smallest absolute Gasteiger partial charge is 0.303 e. The molecule has 0 amide bonds. The summed E-state index contributed by atoms with van der Waals surface area (Å²) in [5.74, 6) is -0.309. The molecule has 0 spiro atoms. The quantitative estimate of drug-likeness (QED) is 0.784. The normalized spacial score (nSPS) is 32.0. The van der Waals surface area contributed by atoms with Crippen LogP contribution < -0.4 is 0 Å². The Morgan fingerprint density at radius 2 is 2.15 bits per heavy atom. The highest BCUT2D eigenvalue weighted by atomic mass is 16.7. The summed E-state index contributed by atoms with van der Waals surface area (Å²) in [7, 11) is 0. The summed E-state index contributed by atoms with van der Waals surface area (Å²) in [5, 5.41) is 0. The molecule has 3 rings (SSSR count). The third kappa shape index (κ3) is 3.00. The number of benzene rings is 1. The van der Waals surface area contributed by atoms with Gasteiger partial charge in [-0.2, -0.15) is 0 Å². The minimum absolute atomic E-state index is 0.0416. The van der Waals surface area contributed by atoms with Gasteiger partial charge in [0.05, 0.1) is 19.3 Å². The first-order valence-corrected chi connectivity index (χ1v) is 6.82. The molecule has 20 heavy (non-hydrogen) atoms. The Kier molecular flexibility index (Phi) is 4.00. The summed E-state index contributed by atoms with van der Waals surface area (Å²) in [5.41, 5.74) is 1.10. The van der Waals surface area contributed by atoms with E-state index in [0.717, 1.165) is 5.56 Å². The second-order valence-corrected chi connectivity index (χ2v) is 5.08. The number of rotatable bonds is 4. The van der Waals surface area contributed by atoms with Crippen molar-refractivity contribution in [1.82, 2.24) is 0 Å². The van der Waals surface area contributed by atoms with Gasteiger partial charge in [-0.05, 0) is 5.56 Å². The Morgan fingerprint density at radius 3 is 2.90 bits per heavy atom. The lowest BCUT2D eigenvalue weighted by Gasteiger charge is -2.18. The van der Waals surface area contributed by atoms with E-state index in [1.54, 1.807) is 0 Å². The van der Waals surface area contributed by atoms with Gasteiger partial charge in [0.15, 0.2) is 12.4 Å². The van der Waals surface area contributed by atoms with E-state index in [1.807, 2.05) is 30.3 Å². The summed E-state index contributed by atoms with van der Waals surface area (Å²) in [6.07, 6.45) is -0.193. The Balaban J connectivity index is 1.51. The van der Waals surface area contributed by atoms with Gasteiger partial charge >= 0.3 is 5.97 Å². The molecule has 108 valence electrons. The number of hydrogen-bond acceptors (Lipinski definition) is 5. The average molecular weight is 278 g/mol. The third-order valence-electron chi connectivity index (χ3n) is 3.54. The molecule has 0 bridgehead atoms. The van der Waals surface area contributed by atoms with Crippen molar-refractivity contribution in [2.75, 3.05) is 6.61 Å². The third-order valence-corrected chi connectivity index (χ3v) is 3.54. The molecule has 2 fully saturated rings. The van der Waals surface area contributed by atoms with Gasteiger partial charge in [-0.25, -0.2) is 0 Å². The number of carbonyl (C=O) groups excluding carboxylic acids is 1. The fraction of sp³-hybridized carbons (Fsp3) is 0.533. The van der Waals surface area contributed by atoms with Crippen molar-refractivity contribution in [2.45, 2.75) is 44.6 Å². The number of ether oxygens (including phenoxy) is 4. The van der Waals surface area contributed by atoms with Crippen LogP contribution in [-0.4, -0.2) is 37.2 Å². The second-order valence-electron chi connectivity index (χ2n) is 5.08. The van der Waals surface area contributed by atoms with Crippen LogP contribution in [0.2, 0.25) is 0 Å². The summed E-state index contributed by atoms with van der Waals surface area (Å²) >= 11 is 0. The maximum Gasteiger partial charge on any atom is 0.303 e. The van der Waals surface area contributed by atoms with Crippen LogP contribution in [-0.2, 0) is 30.3 Å². The standard InChI is InChI=1S/C15H18O5/c1-10(16)19-13-9-17-12-7-14(20-15(12)13)18-8-11-5-3-2-4-6-11/h2-6,12-15H,7-9H2,1H3/t12-,13-,14-,15+/m1/s1. The molecule has 0 N–H and O–H groups in total. The SMILES string of the molecule is CC(=O)O[C@@H]1CO[C@@H]2C[C@H](OCc3ccccc3)O[C@@H]21. The molecule has 2 aliphatic heterocycles. The van der Waals surface area contributed by atoms with E-state index in [4.69, 9.17) is 18.9 Å². The van der Waals surface area contributed by atoms with Gasteiger partial charge in [-0.15, -0.1) is 0 Å². The van der Waals surface area contributed by atoms with Crippen LogP contribution in [0.25, 0.3) is 0 Å². The molecule has 0 radical (unpaired) electrons. The highest BCUT2D eigenvalue weighted by Crippen LogP contribution is 2.33. The van der Waals surface area contributed by atoms with Crippen LogP contribution in [0.15, 0.2) is 30.3 Å². The molecule has 0 saturated carbocycles. The van der Waals surface area contributed by atoms with Crippen LogP contribution in [0.5, 0.6) is 0 Å². The molecule has 0 aliphatic carbocycles. The van der Waals surface area contributed by atoms with Gasteiger partial charge in [-0.1, -0.05) is 30.3 Å². The first kappa shape index (κ1) is 13.5. The predicted molar refractivity (Wildman–Crippen MR) is 69.8 cm³/mol. The number of fused-ring (bicyclic) bond motifs is 1. The summed E-state index contributed by atoms with van der Waals surface area (Å²) in [6, 6.07) is 9.94. The molecule has 1 aromatic rings. The molecule has 2 heterocycles. The molecular weight excluding hydrogens is 260 g/mol. The van der Waals surface area contributed by atoms with E-state index < -0.39 is 0 Å². The molecule has 1 aromatic carbocycles. The van der Waals surface area contributed by atoms with Gasteiger partial charge in [-0.3, -0.25) is 4.79 Å². The lowest BCUT2D eigenvalue weighted by atomic mass is 10.1. The fourth-order valence-electron chi connectivity index (χ4n) is 2.63. The largest absolute Gasteiger partial charge is 0.457 e. The highest BCUT2D eigenvalue weighted by Gasteiger charge is 2.48. The van der Waals surface area contributed by atoms with Crippen molar-refractivity contribution < 1.29 is 23.7 Å². The van der Waals surface area contributed by atoms with Gasteiger partial charge in [0.1, 0.15) is 6.10 Å². The molecule has 2 saturated heterocycles. The van der Waals surface area contributed by atoms with Crippen LogP contribution in [0.1, 0.15) is 18.9 Å². The van der Waals surface area contributed by atoms with Crippen molar-refractivity contribution >= 4 is 5.97 Å². The van der Waals surface area contributed by atoms with Crippen LogP contribution in [0.4, 0.5) is 0 Å². The van der Waals surface area contributed by atoms with Crippen LogP contribution in [0.3, 0.4) is 0 Å². The number of carbonyl (C=O) groups is 1. The van der Waals surface area contributed by atoms with E-state index in [9.17, 15) is 4.79 Å². The molecule has 0 unspecified atom stereocenters. The Hall–Kier alpha value is -1.43. The van der Waals surface area contributed by atoms with E-state index in [1.165, 1.54) is 6.92 Å². The zero-order valence-electron chi connectivity index (χ0n) is 11.4. The minimum Gasteiger partial charge on any atom is -0.457 e. The van der Waals surface area contributed by atoms with E-state index in [2.05, 4.69) is 0 Å². The topological polar surface area (TPSA) is 54.0 Å². The lowest BCUT2D eigenvalue weighted by molar-refractivity contribution is -0.173. The van der Waals surface area contributed by atoms with Gasteiger partial charge in [0, 0.05) is 13.3 Å². The van der Waals surface area contributed by atoms with Crippen molar-refractivity contribution in [1.29, 1.82) is 0 Å². The molecule has 2 aliphatic rings. The summed E-state index contributed by atoms with van der Waals surface area (Å²) in [4.78, 5) is 11.0. The monoisotopic (exact) mass is 278 g/mol. The Bertz CT molecular complexity index is 461. The first-order chi connectivity index (χ1) is 9.72. The maximum atomic E-state index is 11.0. The van der Waals surface area contributed by atoms with Gasteiger partial charge in [0.25, 0.3) is 0 Å².